The molecule has 1 fully saturated rings. The maximum absolute atomic E-state index is 12.3. The molecule has 0 aromatic rings. The minimum absolute atomic E-state index is 0.0427. The molecule has 0 unspecified atom stereocenters. The molecule has 1 aliphatic heterocycles. The number of amides is 1. The largest absolute Gasteiger partial charge is 0.497 e. The number of alkyl halides is 3. The van der Waals surface area contributed by atoms with Crippen molar-refractivity contribution in [1.29, 1.82) is 0 Å². The lowest BCUT2D eigenvalue weighted by molar-refractivity contribution is -1.02. The molecule has 0 saturated carbocycles. The van der Waals surface area contributed by atoms with Crippen molar-refractivity contribution in [2.75, 3.05) is 13.1 Å². The van der Waals surface area contributed by atoms with Crippen LogP contribution in [0.1, 0.15) is 26.7 Å². The zero-order chi connectivity index (χ0) is 14.8. The fourth-order valence-electron chi connectivity index (χ4n) is 1.97. The van der Waals surface area contributed by atoms with Crippen LogP contribution in [-0.2, 0) is 14.4 Å². The molecule has 0 aromatic carbocycles. The number of hydrogen-bond acceptors (Lipinski definition) is 4. The van der Waals surface area contributed by atoms with E-state index in [1.165, 1.54) is 0 Å². The van der Waals surface area contributed by atoms with E-state index in [0.29, 0.717) is 12.8 Å². The number of nitrogens with two attached hydrogens (primary N) is 1. The van der Waals surface area contributed by atoms with Crippen LogP contribution in [0.3, 0.4) is 0 Å². The maximum Gasteiger partial charge on any atom is 0.497 e. The van der Waals surface area contributed by atoms with Crippen molar-refractivity contribution >= 4 is 11.9 Å². The van der Waals surface area contributed by atoms with Crippen molar-refractivity contribution in [2.45, 2.75) is 38.9 Å². The number of carbonyl (C=O) groups is 2. The van der Waals surface area contributed by atoms with Crippen molar-refractivity contribution < 1.29 is 32.2 Å². The summed E-state index contributed by atoms with van der Waals surface area (Å²) in [6.07, 6.45) is -4.08. The second-order valence-electron chi connectivity index (χ2n) is 5.03. The van der Waals surface area contributed by atoms with Gasteiger partial charge in [0.25, 0.3) is 0 Å². The van der Waals surface area contributed by atoms with Crippen molar-refractivity contribution in [2.24, 2.45) is 11.7 Å². The first-order chi connectivity index (χ1) is 8.60. The molecule has 0 aromatic heterocycles. The first-order valence-electron chi connectivity index (χ1n) is 6.08. The molecule has 2 N–H and O–H groups in total. The van der Waals surface area contributed by atoms with Crippen molar-refractivity contribution in [3.8, 4) is 0 Å². The van der Waals surface area contributed by atoms with E-state index < -0.39 is 28.7 Å². The zero-order valence-corrected chi connectivity index (χ0v) is 10.9. The molecule has 0 radical (unpaired) electrons. The van der Waals surface area contributed by atoms with Gasteiger partial charge in [-0.1, -0.05) is 18.5 Å². The van der Waals surface area contributed by atoms with Gasteiger partial charge in [0.1, 0.15) is 19.1 Å². The average Bonchev–Trinajstić information content (AvgIpc) is 2.75. The number of nitrogens with zero attached hydrogens (tertiary/aromatic N) is 1. The summed E-state index contributed by atoms with van der Waals surface area (Å²) in [7, 11) is 0. The predicted octanol–water partition coefficient (Wildman–Crippen LogP) is 1.13. The summed E-state index contributed by atoms with van der Waals surface area (Å²) >= 11 is 0. The monoisotopic (exact) mass is 283 g/mol. The van der Waals surface area contributed by atoms with Crippen LogP contribution in [0.25, 0.3) is 0 Å². The van der Waals surface area contributed by atoms with Gasteiger partial charge in [0.2, 0.25) is 0 Å². The van der Waals surface area contributed by atoms with Crippen LogP contribution in [0.5, 0.6) is 0 Å². The molecule has 1 atom stereocenters. The number of hydrogen-bond donors (Lipinski definition) is 1. The third kappa shape index (κ3) is 3.44. The Bertz CT molecular complexity index is 363. The van der Waals surface area contributed by atoms with E-state index in [1.54, 1.807) is 13.8 Å². The van der Waals surface area contributed by atoms with Crippen LogP contribution in [-0.4, -0.2) is 41.8 Å². The van der Waals surface area contributed by atoms with Gasteiger partial charge in [-0.05, 0) is 5.92 Å². The van der Waals surface area contributed by atoms with Gasteiger partial charge in [-0.15, -0.1) is 0 Å². The Labute approximate surface area is 109 Å². The van der Waals surface area contributed by atoms with E-state index in [0.717, 1.165) is 0 Å². The second-order valence-corrected chi connectivity index (χ2v) is 5.03. The first kappa shape index (κ1) is 15.9. The van der Waals surface area contributed by atoms with Gasteiger partial charge >= 0.3 is 18.1 Å². The van der Waals surface area contributed by atoms with E-state index >= 15 is 0 Å². The molecule has 0 aliphatic carbocycles. The second kappa shape index (κ2) is 5.46. The number of halogens is 3. The molecule has 0 bridgehead atoms. The summed E-state index contributed by atoms with van der Waals surface area (Å²) in [6, 6.07) is -0.959. The number of rotatable bonds is 2. The van der Waals surface area contributed by atoms with E-state index in [4.69, 9.17) is 5.73 Å². The summed E-state index contributed by atoms with van der Waals surface area (Å²) in [5, 5.41) is 0. The van der Waals surface area contributed by atoms with Crippen LogP contribution in [0.15, 0.2) is 0 Å². The fourth-order valence-corrected chi connectivity index (χ4v) is 1.97. The SMILES string of the molecule is CC(C)[C@H](N)C(=O)[N+]1(OC(=O)C(F)(F)F)CCCC1. The average molecular weight is 283 g/mol. The fraction of sp³-hybridized carbons (Fsp3) is 0.818. The summed E-state index contributed by atoms with van der Waals surface area (Å²) in [6.45, 7) is 3.45. The quantitative estimate of drug-likeness (QED) is 0.771. The first-order valence-corrected chi connectivity index (χ1v) is 6.08. The van der Waals surface area contributed by atoms with Gasteiger partial charge in [0.15, 0.2) is 0 Å². The molecule has 1 heterocycles. The van der Waals surface area contributed by atoms with Gasteiger partial charge in [0.05, 0.1) is 0 Å². The minimum atomic E-state index is -5.12. The summed E-state index contributed by atoms with van der Waals surface area (Å²) < 4.78 is 35.9. The van der Waals surface area contributed by atoms with E-state index in [9.17, 15) is 22.8 Å². The maximum atomic E-state index is 12.3. The molecule has 19 heavy (non-hydrogen) atoms. The third-order valence-corrected chi connectivity index (χ3v) is 3.18. The molecule has 5 nitrogen and oxygen atoms in total. The third-order valence-electron chi connectivity index (χ3n) is 3.18. The Balaban J connectivity index is 2.93. The lowest BCUT2D eigenvalue weighted by Crippen LogP contribution is -2.60. The molecule has 110 valence electrons. The van der Waals surface area contributed by atoms with E-state index in [1.807, 2.05) is 0 Å². The number of likely N-dealkylation sites (tertiary alicyclic amines) is 1. The van der Waals surface area contributed by atoms with Gasteiger partial charge in [0, 0.05) is 12.8 Å². The van der Waals surface area contributed by atoms with Crippen LogP contribution in [0, 0.1) is 5.92 Å². The number of quaternary nitrogens is 1. The van der Waals surface area contributed by atoms with Crippen molar-refractivity contribution in [3.63, 3.8) is 0 Å². The Morgan fingerprint density at radius 3 is 2.05 bits per heavy atom. The van der Waals surface area contributed by atoms with Gasteiger partial charge < -0.3 is 5.73 Å². The lowest BCUT2D eigenvalue weighted by Gasteiger charge is -2.30. The van der Waals surface area contributed by atoms with Crippen molar-refractivity contribution in [1.82, 2.24) is 0 Å². The summed E-state index contributed by atoms with van der Waals surface area (Å²) in [5.74, 6) is -3.27. The Hall–Kier alpha value is -1.15. The summed E-state index contributed by atoms with van der Waals surface area (Å²) in [5.41, 5.74) is 5.67. The highest BCUT2D eigenvalue weighted by Crippen LogP contribution is 2.27. The summed E-state index contributed by atoms with van der Waals surface area (Å²) in [4.78, 5) is 27.6. The number of hydroxylamine groups is 3. The Morgan fingerprint density at radius 1 is 1.21 bits per heavy atom. The molecular formula is C11H18F3N2O3+. The highest BCUT2D eigenvalue weighted by Gasteiger charge is 2.53. The molecule has 1 saturated heterocycles. The zero-order valence-electron chi connectivity index (χ0n) is 10.9. The van der Waals surface area contributed by atoms with Gasteiger partial charge in [-0.25, -0.2) is 9.59 Å². The predicted molar refractivity (Wildman–Crippen MR) is 59.2 cm³/mol. The Kier molecular flexibility index (Phi) is 4.57. The molecule has 0 spiro atoms. The highest BCUT2D eigenvalue weighted by atomic mass is 19.4. The van der Waals surface area contributed by atoms with Crippen molar-refractivity contribution in [3.05, 3.63) is 0 Å². The van der Waals surface area contributed by atoms with Gasteiger partial charge in [-0.2, -0.15) is 13.2 Å². The molecular weight excluding hydrogens is 265 g/mol. The number of carbonyl (C=O) groups excluding carboxylic acids is 2. The Morgan fingerprint density at radius 2 is 1.68 bits per heavy atom. The van der Waals surface area contributed by atoms with E-state index in [-0.39, 0.29) is 19.0 Å². The molecule has 8 heteroatoms. The normalized spacial score (nSPS) is 20.4. The topological polar surface area (TPSA) is 69.4 Å². The smallest absolute Gasteiger partial charge is 0.316 e. The molecule has 1 amide bonds. The molecule has 1 aliphatic rings. The van der Waals surface area contributed by atoms with Crippen LogP contribution < -0.4 is 5.73 Å². The standard InChI is InChI=1S/C11H18F3N2O3/c1-7(2)8(15)9(17)16(5-3-4-6-16)19-10(18)11(12,13)14/h7-8H,3-6,15H2,1-2H3/q+1/t8-/m0/s1. The van der Waals surface area contributed by atoms with Crippen LogP contribution in [0.4, 0.5) is 13.2 Å². The molecule has 1 rings (SSSR count). The minimum Gasteiger partial charge on any atom is -0.316 e. The van der Waals surface area contributed by atoms with Crippen LogP contribution >= 0.6 is 0 Å². The highest BCUT2D eigenvalue weighted by molar-refractivity contribution is 5.78. The van der Waals surface area contributed by atoms with Gasteiger partial charge in [-0.3, -0.25) is 4.84 Å². The van der Waals surface area contributed by atoms with Crippen LogP contribution in [0.2, 0.25) is 0 Å². The lowest BCUT2D eigenvalue weighted by atomic mass is 10.0. The van der Waals surface area contributed by atoms with E-state index in [2.05, 4.69) is 4.84 Å².